The predicted molar refractivity (Wildman–Crippen MR) is 133 cm³/mol. The first-order valence-corrected chi connectivity index (χ1v) is 12.0. The maximum Gasteiger partial charge on any atom is 0.249 e. The van der Waals surface area contributed by atoms with Gasteiger partial charge in [0.2, 0.25) is 5.91 Å². The quantitative estimate of drug-likeness (QED) is 0.416. The zero-order valence-electron chi connectivity index (χ0n) is 20.0. The molecule has 4 rings (SSSR count). The molecule has 1 aromatic heterocycles. The smallest absolute Gasteiger partial charge is 0.249 e. The molecule has 3 aromatic rings. The SMILES string of the molecule is C/C=C/c1ccc(OCCCCn2c(CNC(=O)C3CCCO3)nc3ccccc32)c(OC)c1. The van der Waals surface area contributed by atoms with Gasteiger partial charge in [-0.15, -0.1) is 0 Å². The van der Waals surface area contributed by atoms with Crippen molar-refractivity contribution < 1.29 is 19.0 Å². The Balaban J connectivity index is 1.34. The van der Waals surface area contributed by atoms with Crippen molar-refractivity contribution in [1.82, 2.24) is 14.9 Å². The Morgan fingerprint density at radius 1 is 1.24 bits per heavy atom. The fourth-order valence-electron chi connectivity index (χ4n) is 4.23. The van der Waals surface area contributed by atoms with Crippen molar-refractivity contribution in [3.05, 3.63) is 59.9 Å². The van der Waals surface area contributed by atoms with Crippen molar-refractivity contribution in [2.24, 2.45) is 0 Å². The van der Waals surface area contributed by atoms with E-state index in [1.54, 1.807) is 7.11 Å². The lowest BCUT2D eigenvalue weighted by Gasteiger charge is -2.13. The van der Waals surface area contributed by atoms with Gasteiger partial charge in [0, 0.05) is 13.2 Å². The molecule has 2 heterocycles. The number of benzene rings is 2. The molecule has 1 fully saturated rings. The van der Waals surface area contributed by atoms with Gasteiger partial charge in [-0.3, -0.25) is 4.79 Å². The molecule has 1 aliphatic heterocycles. The summed E-state index contributed by atoms with van der Waals surface area (Å²) in [7, 11) is 1.66. The number of nitrogens with one attached hydrogen (secondary N) is 1. The first kappa shape index (κ1) is 23.8. The van der Waals surface area contributed by atoms with Crippen molar-refractivity contribution in [1.29, 1.82) is 0 Å². The third-order valence-corrected chi connectivity index (χ3v) is 5.96. The number of carbonyl (C=O) groups is 1. The van der Waals surface area contributed by atoms with Crippen LogP contribution in [-0.4, -0.2) is 41.9 Å². The standard InChI is InChI=1S/C27H33N3O4/c1-3-9-20-13-14-23(25(18-20)32-2)33-16-7-6-15-30-22-11-5-4-10-21(22)29-26(30)19-28-27(31)24-12-8-17-34-24/h3-5,9-11,13-14,18,24H,6-8,12,15-17,19H2,1-2H3,(H,28,31)/b9-3+. The molecule has 180 valence electrons. The summed E-state index contributed by atoms with van der Waals surface area (Å²) >= 11 is 0. The topological polar surface area (TPSA) is 74.6 Å². The molecule has 1 unspecified atom stereocenters. The van der Waals surface area contributed by atoms with Crippen molar-refractivity contribution in [3.8, 4) is 11.5 Å². The van der Waals surface area contributed by atoms with Crippen molar-refractivity contribution in [3.63, 3.8) is 0 Å². The van der Waals surface area contributed by atoms with Crippen LogP contribution >= 0.6 is 0 Å². The number of unbranched alkanes of at least 4 members (excludes halogenated alkanes) is 1. The molecule has 1 atom stereocenters. The Kier molecular flexibility index (Phi) is 8.20. The van der Waals surface area contributed by atoms with Crippen LogP contribution in [0.25, 0.3) is 17.1 Å². The number of amides is 1. The zero-order chi connectivity index (χ0) is 23.8. The van der Waals surface area contributed by atoms with Gasteiger partial charge in [0.15, 0.2) is 11.5 Å². The molecule has 1 saturated heterocycles. The fourth-order valence-corrected chi connectivity index (χ4v) is 4.23. The Bertz CT molecular complexity index is 1130. The van der Waals surface area contributed by atoms with Crippen molar-refractivity contribution in [2.75, 3.05) is 20.3 Å². The molecule has 2 aromatic carbocycles. The van der Waals surface area contributed by atoms with Gasteiger partial charge in [-0.25, -0.2) is 4.98 Å². The van der Waals surface area contributed by atoms with E-state index in [4.69, 9.17) is 19.2 Å². The lowest BCUT2D eigenvalue weighted by atomic mass is 10.2. The first-order chi connectivity index (χ1) is 16.7. The van der Waals surface area contributed by atoms with E-state index in [0.29, 0.717) is 19.8 Å². The number of nitrogens with zero attached hydrogens (tertiary/aromatic N) is 2. The summed E-state index contributed by atoms with van der Waals surface area (Å²) in [4.78, 5) is 17.1. The van der Waals surface area contributed by atoms with Crippen LogP contribution in [0.3, 0.4) is 0 Å². The summed E-state index contributed by atoms with van der Waals surface area (Å²) in [6.07, 6.45) is 7.22. The minimum absolute atomic E-state index is 0.0566. The largest absolute Gasteiger partial charge is 0.493 e. The maximum absolute atomic E-state index is 12.4. The summed E-state index contributed by atoms with van der Waals surface area (Å²) in [5.41, 5.74) is 3.09. The van der Waals surface area contributed by atoms with Crippen LogP contribution in [0.15, 0.2) is 48.5 Å². The Morgan fingerprint density at radius 2 is 2.12 bits per heavy atom. The van der Waals surface area contributed by atoms with E-state index in [1.807, 2.05) is 55.5 Å². The molecular formula is C27H33N3O4. The molecule has 0 bridgehead atoms. The van der Waals surface area contributed by atoms with Gasteiger partial charge in [-0.2, -0.15) is 0 Å². The molecular weight excluding hydrogens is 430 g/mol. The van der Waals surface area contributed by atoms with Crippen LogP contribution < -0.4 is 14.8 Å². The number of para-hydroxylation sites is 2. The minimum atomic E-state index is -0.334. The Labute approximate surface area is 200 Å². The summed E-state index contributed by atoms with van der Waals surface area (Å²) in [5, 5.41) is 3.00. The van der Waals surface area contributed by atoms with E-state index in [9.17, 15) is 4.79 Å². The van der Waals surface area contributed by atoms with Gasteiger partial charge in [-0.1, -0.05) is 30.4 Å². The van der Waals surface area contributed by atoms with Gasteiger partial charge in [0.05, 0.1) is 31.3 Å². The van der Waals surface area contributed by atoms with Crippen LogP contribution in [0.2, 0.25) is 0 Å². The zero-order valence-corrected chi connectivity index (χ0v) is 20.0. The highest BCUT2D eigenvalue weighted by molar-refractivity contribution is 5.81. The minimum Gasteiger partial charge on any atom is -0.493 e. The Hall–Kier alpha value is -3.32. The number of fused-ring (bicyclic) bond motifs is 1. The second-order valence-electron chi connectivity index (χ2n) is 8.35. The van der Waals surface area contributed by atoms with Crippen LogP contribution in [0, 0.1) is 0 Å². The number of carbonyl (C=O) groups excluding carboxylic acids is 1. The third-order valence-electron chi connectivity index (χ3n) is 5.96. The number of aromatic nitrogens is 2. The van der Waals surface area contributed by atoms with Crippen LogP contribution in [0.5, 0.6) is 11.5 Å². The number of hydrogen-bond donors (Lipinski definition) is 1. The molecule has 1 aliphatic rings. The number of hydrogen-bond acceptors (Lipinski definition) is 5. The van der Waals surface area contributed by atoms with Gasteiger partial charge >= 0.3 is 0 Å². The lowest BCUT2D eigenvalue weighted by Crippen LogP contribution is -2.34. The molecule has 1 amide bonds. The van der Waals surface area contributed by atoms with E-state index >= 15 is 0 Å². The van der Waals surface area contributed by atoms with Gasteiger partial charge in [0.1, 0.15) is 11.9 Å². The first-order valence-electron chi connectivity index (χ1n) is 12.0. The highest BCUT2D eigenvalue weighted by atomic mass is 16.5. The summed E-state index contributed by atoms with van der Waals surface area (Å²) in [6.45, 7) is 4.43. The highest BCUT2D eigenvalue weighted by Gasteiger charge is 2.23. The molecule has 34 heavy (non-hydrogen) atoms. The van der Waals surface area contributed by atoms with Crippen molar-refractivity contribution >= 4 is 23.0 Å². The molecule has 0 aliphatic carbocycles. The number of methoxy groups -OCH3 is 1. The molecule has 7 heteroatoms. The summed E-state index contributed by atoms with van der Waals surface area (Å²) in [6, 6.07) is 14.0. The normalized spacial score (nSPS) is 15.8. The number of imidazole rings is 1. The van der Waals surface area contributed by atoms with Gasteiger partial charge < -0.3 is 24.1 Å². The molecule has 0 radical (unpaired) electrons. The highest BCUT2D eigenvalue weighted by Crippen LogP contribution is 2.29. The van der Waals surface area contributed by atoms with E-state index in [0.717, 1.165) is 66.1 Å². The second kappa shape index (κ2) is 11.7. The van der Waals surface area contributed by atoms with E-state index < -0.39 is 0 Å². The number of aryl methyl sites for hydroxylation is 1. The van der Waals surface area contributed by atoms with Crippen molar-refractivity contribution in [2.45, 2.75) is 51.8 Å². The molecule has 0 saturated carbocycles. The average Bonchev–Trinajstić information content (AvgIpc) is 3.52. The lowest BCUT2D eigenvalue weighted by molar-refractivity contribution is -0.130. The molecule has 7 nitrogen and oxygen atoms in total. The number of allylic oxidation sites excluding steroid dienone is 1. The fraction of sp³-hybridized carbons (Fsp3) is 0.407. The number of ether oxygens (including phenoxy) is 3. The van der Waals surface area contributed by atoms with Gasteiger partial charge in [-0.05, 0) is 62.4 Å². The predicted octanol–water partition coefficient (Wildman–Crippen LogP) is 4.73. The van der Waals surface area contributed by atoms with E-state index in [2.05, 4.69) is 16.0 Å². The van der Waals surface area contributed by atoms with Crippen LogP contribution in [0.1, 0.15) is 44.0 Å². The average molecular weight is 464 g/mol. The second-order valence-corrected chi connectivity index (χ2v) is 8.35. The van der Waals surface area contributed by atoms with Gasteiger partial charge in [0.25, 0.3) is 0 Å². The third kappa shape index (κ3) is 5.78. The Morgan fingerprint density at radius 3 is 2.91 bits per heavy atom. The maximum atomic E-state index is 12.4. The van der Waals surface area contributed by atoms with E-state index in [1.165, 1.54) is 0 Å². The molecule has 1 N–H and O–H groups in total. The number of rotatable bonds is 11. The summed E-state index contributed by atoms with van der Waals surface area (Å²) in [5.74, 6) is 2.29. The van der Waals surface area contributed by atoms with E-state index in [-0.39, 0.29) is 12.0 Å². The monoisotopic (exact) mass is 463 g/mol. The molecule has 0 spiro atoms. The van der Waals surface area contributed by atoms with Crippen LogP contribution in [-0.2, 0) is 22.6 Å². The van der Waals surface area contributed by atoms with Crippen LogP contribution in [0.4, 0.5) is 0 Å². The summed E-state index contributed by atoms with van der Waals surface area (Å²) < 4.78 is 19.2.